The fourth-order valence-electron chi connectivity index (χ4n) is 4.32. The van der Waals surface area contributed by atoms with Crippen LogP contribution >= 0.6 is 22.7 Å². The molecular weight excluding hydrogens is 544 g/mol. The second-order valence-electron chi connectivity index (χ2n) is 9.11. The van der Waals surface area contributed by atoms with E-state index in [1.807, 2.05) is 38.1 Å². The Kier molecular flexibility index (Phi) is 6.33. The number of fused-ring (bicyclic) bond motifs is 2. The van der Waals surface area contributed by atoms with Crippen LogP contribution in [0.2, 0.25) is 0 Å². The Morgan fingerprint density at radius 1 is 0.625 bits per heavy atom. The third-order valence-corrected chi connectivity index (χ3v) is 8.42. The highest BCUT2D eigenvalue weighted by atomic mass is 32.1. The van der Waals surface area contributed by atoms with Gasteiger partial charge in [-0.25, -0.2) is 9.97 Å². The molecule has 0 aliphatic carbocycles. The zero-order chi connectivity index (χ0) is 28.0. The van der Waals surface area contributed by atoms with Gasteiger partial charge >= 0.3 is 0 Å². The maximum absolute atomic E-state index is 10.6. The van der Waals surface area contributed by atoms with Gasteiger partial charge in [0.25, 0.3) is 0 Å². The fourth-order valence-corrected chi connectivity index (χ4v) is 5.85. The van der Waals surface area contributed by atoms with Crippen molar-refractivity contribution in [3.05, 3.63) is 72.1 Å². The lowest BCUT2D eigenvalue weighted by Gasteiger charge is -2.08. The van der Waals surface area contributed by atoms with Crippen LogP contribution in [-0.4, -0.2) is 20.2 Å². The number of nitrogen functional groups attached to an aromatic ring is 2. The van der Waals surface area contributed by atoms with Gasteiger partial charge in [0.05, 0.1) is 9.75 Å². The van der Waals surface area contributed by atoms with Crippen LogP contribution in [0.3, 0.4) is 0 Å². The largest absolute Gasteiger partial charge is 0.505 e. The van der Waals surface area contributed by atoms with Gasteiger partial charge in [-0.3, -0.25) is 0 Å². The van der Waals surface area contributed by atoms with Crippen LogP contribution in [0.4, 0.5) is 33.0 Å². The summed E-state index contributed by atoms with van der Waals surface area (Å²) in [6, 6.07) is 14.5. The first kappa shape index (κ1) is 25.3. The number of hydrogen-bond donors (Lipinski definition) is 4. The van der Waals surface area contributed by atoms with Crippen molar-refractivity contribution in [3.63, 3.8) is 0 Å². The first-order chi connectivity index (χ1) is 19.3. The summed E-state index contributed by atoms with van der Waals surface area (Å²) in [5.41, 5.74) is 15.1. The van der Waals surface area contributed by atoms with Crippen molar-refractivity contribution in [3.8, 4) is 21.3 Å². The minimum absolute atomic E-state index is 0.0489. The molecule has 0 bridgehead atoms. The maximum Gasteiger partial charge on any atom is 0.230 e. The van der Waals surface area contributed by atoms with E-state index in [1.54, 1.807) is 36.7 Å². The van der Waals surface area contributed by atoms with E-state index >= 15 is 0 Å². The van der Waals surface area contributed by atoms with Crippen molar-refractivity contribution in [2.24, 2.45) is 20.5 Å². The third kappa shape index (κ3) is 4.70. The quantitative estimate of drug-likeness (QED) is 0.120. The van der Waals surface area contributed by atoms with Gasteiger partial charge in [-0.15, -0.1) is 20.5 Å². The predicted octanol–water partition coefficient (Wildman–Crippen LogP) is 8.60. The number of aromatic nitrogens is 2. The number of azo groups is 2. The molecule has 0 saturated carbocycles. The molecule has 0 unspecified atom stereocenters. The lowest BCUT2D eigenvalue weighted by molar-refractivity contribution is 0.473. The molecule has 0 spiro atoms. The van der Waals surface area contributed by atoms with Crippen LogP contribution in [0.25, 0.3) is 31.3 Å². The second kappa shape index (κ2) is 9.98. The molecule has 12 heteroatoms. The van der Waals surface area contributed by atoms with Crippen LogP contribution in [0, 0.1) is 13.8 Å². The summed E-state index contributed by atoms with van der Waals surface area (Å²) >= 11 is 2.67. The molecule has 4 aromatic carbocycles. The number of thiazole rings is 2. The average molecular weight is 567 g/mol. The standard InChI is InChI=1S/C28H22N8O2S2/c1-13-19-9-17(29)5-3-15(19)7-21(25(13)37)33-35-27-31-11-23(39-27)24-12-32-28(40-24)36-34-22-8-16-4-6-18(30)10-20(16)14(2)26(22)38/h3-12,37-38H,29-30H2,1-2H3. The Morgan fingerprint density at radius 3 is 1.48 bits per heavy atom. The highest BCUT2D eigenvalue weighted by Gasteiger charge is 2.13. The van der Waals surface area contributed by atoms with Gasteiger partial charge < -0.3 is 21.7 Å². The van der Waals surface area contributed by atoms with E-state index in [-0.39, 0.29) is 11.5 Å². The molecule has 0 fully saturated rings. The van der Waals surface area contributed by atoms with E-state index in [4.69, 9.17) is 11.5 Å². The van der Waals surface area contributed by atoms with Crippen molar-refractivity contribution in [1.29, 1.82) is 0 Å². The molecule has 0 radical (unpaired) electrons. The van der Waals surface area contributed by atoms with Crippen LogP contribution in [0.5, 0.6) is 11.5 Å². The molecule has 0 amide bonds. The molecule has 0 atom stereocenters. The van der Waals surface area contributed by atoms with E-state index in [1.165, 1.54) is 22.7 Å². The minimum Gasteiger partial charge on any atom is -0.505 e. The van der Waals surface area contributed by atoms with Crippen molar-refractivity contribution >= 4 is 77.2 Å². The topological polar surface area (TPSA) is 168 Å². The summed E-state index contributed by atoms with van der Waals surface area (Å²) in [6.45, 7) is 3.63. The van der Waals surface area contributed by atoms with Crippen molar-refractivity contribution in [2.45, 2.75) is 13.8 Å². The molecule has 6 rings (SSSR count). The normalized spacial score (nSPS) is 11.9. The number of aryl methyl sites for hydroxylation is 2. The summed E-state index contributed by atoms with van der Waals surface area (Å²) in [4.78, 5) is 10.3. The van der Waals surface area contributed by atoms with Gasteiger partial charge in [-0.05, 0) is 71.8 Å². The van der Waals surface area contributed by atoms with E-state index < -0.39 is 0 Å². The number of hydrogen-bond acceptors (Lipinski definition) is 12. The number of phenols is 2. The number of benzene rings is 4. The van der Waals surface area contributed by atoms with E-state index in [9.17, 15) is 10.2 Å². The smallest absolute Gasteiger partial charge is 0.230 e. The summed E-state index contributed by atoms with van der Waals surface area (Å²) in [6.07, 6.45) is 3.37. The van der Waals surface area contributed by atoms with Crippen LogP contribution in [-0.2, 0) is 0 Å². The molecule has 0 saturated heterocycles. The van der Waals surface area contributed by atoms with Crippen LogP contribution in [0.1, 0.15) is 11.1 Å². The van der Waals surface area contributed by atoms with Gasteiger partial charge in [0, 0.05) is 34.9 Å². The van der Waals surface area contributed by atoms with Crippen molar-refractivity contribution < 1.29 is 10.2 Å². The molecule has 6 aromatic rings. The Balaban J connectivity index is 1.22. The highest BCUT2D eigenvalue weighted by molar-refractivity contribution is 7.25. The van der Waals surface area contributed by atoms with Gasteiger partial charge in [0.15, 0.2) is 0 Å². The van der Waals surface area contributed by atoms with Crippen LogP contribution < -0.4 is 11.5 Å². The summed E-state index contributed by atoms with van der Waals surface area (Å²) < 4.78 is 0. The minimum atomic E-state index is 0.0489. The van der Waals surface area contributed by atoms with E-state index in [0.717, 1.165) is 31.3 Å². The number of phenolic OH excluding ortho intramolecular Hbond substituents is 2. The molecule has 2 aromatic heterocycles. The predicted molar refractivity (Wildman–Crippen MR) is 161 cm³/mol. The van der Waals surface area contributed by atoms with Crippen molar-refractivity contribution in [2.75, 3.05) is 11.5 Å². The first-order valence-corrected chi connectivity index (χ1v) is 13.7. The molecule has 0 aliphatic heterocycles. The number of nitrogens with zero attached hydrogens (tertiary/aromatic N) is 6. The Hall–Kier alpha value is -4.94. The van der Waals surface area contributed by atoms with Gasteiger partial charge in [-0.1, -0.05) is 34.8 Å². The molecule has 198 valence electrons. The molecule has 2 heterocycles. The molecule has 40 heavy (non-hydrogen) atoms. The lowest BCUT2D eigenvalue weighted by Crippen LogP contribution is -1.86. The Labute approximate surface area is 236 Å². The SMILES string of the molecule is Cc1c(O)c(N=Nc2ncc(-c3cnc(N=Nc4cc5ccc(N)cc5c(C)c4O)s3)s2)cc2ccc(N)cc12. The lowest BCUT2D eigenvalue weighted by atomic mass is 10.0. The highest BCUT2D eigenvalue weighted by Crippen LogP contribution is 2.41. The third-order valence-electron chi connectivity index (χ3n) is 6.46. The first-order valence-electron chi connectivity index (χ1n) is 12.1. The van der Waals surface area contributed by atoms with Crippen molar-refractivity contribution in [1.82, 2.24) is 9.97 Å². The average Bonchev–Trinajstić information content (AvgIpc) is 3.62. The van der Waals surface area contributed by atoms with Gasteiger partial charge in [0.1, 0.15) is 22.9 Å². The number of anilines is 2. The molecule has 0 aliphatic rings. The molecular formula is C28H22N8O2S2. The molecule has 10 nitrogen and oxygen atoms in total. The number of aromatic hydroxyl groups is 2. The molecule has 6 N–H and O–H groups in total. The zero-order valence-electron chi connectivity index (χ0n) is 21.3. The second-order valence-corrected chi connectivity index (χ2v) is 11.1. The summed E-state index contributed by atoms with van der Waals surface area (Å²) in [5.74, 6) is 0.0979. The van der Waals surface area contributed by atoms with E-state index in [2.05, 4.69) is 30.4 Å². The summed E-state index contributed by atoms with van der Waals surface area (Å²) in [5, 5.41) is 42.6. The van der Waals surface area contributed by atoms with Gasteiger partial charge in [-0.2, -0.15) is 0 Å². The Bertz CT molecular complexity index is 1850. The fraction of sp³-hybridized carbons (Fsp3) is 0.0714. The van der Waals surface area contributed by atoms with Crippen LogP contribution in [0.15, 0.2) is 81.4 Å². The maximum atomic E-state index is 10.6. The summed E-state index contributed by atoms with van der Waals surface area (Å²) in [7, 11) is 0. The van der Waals surface area contributed by atoms with Gasteiger partial charge in [0.2, 0.25) is 10.3 Å². The number of rotatable bonds is 5. The van der Waals surface area contributed by atoms with E-state index in [0.29, 0.717) is 44.1 Å². The monoisotopic (exact) mass is 566 g/mol. The Morgan fingerprint density at radius 2 is 1.05 bits per heavy atom. The zero-order valence-corrected chi connectivity index (χ0v) is 23.0. The number of nitrogens with two attached hydrogens (primary N) is 2.